The predicted molar refractivity (Wildman–Crippen MR) is 102 cm³/mol. The number of aryl methyl sites for hydroxylation is 1. The van der Waals surface area contributed by atoms with Crippen molar-refractivity contribution < 1.29 is 30.3 Å². The lowest BCUT2D eigenvalue weighted by Crippen LogP contribution is -2.59. The van der Waals surface area contributed by atoms with Crippen LogP contribution in [0.1, 0.15) is 29.7 Å². The van der Waals surface area contributed by atoms with Crippen LogP contribution in [0.15, 0.2) is 42.0 Å². The molecule has 1 fully saturated rings. The number of aliphatic hydroxyl groups is 5. The highest BCUT2D eigenvalue weighted by molar-refractivity contribution is 5.75. The van der Waals surface area contributed by atoms with Crippen molar-refractivity contribution in [3.05, 3.63) is 53.7 Å². The van der Waals surface area contributed by atoms with Gasteiger partial charge in [-0.15, -0.1) is 0 Å². The zero-order valence-electron chi connectivity index (χ0n) is 15.4. The van der Waals surface area contributed by atoms with Crippen molar-refractivity contribution in [2.75, 3.05) is 6.61 Å². The molecular weight excluding hydrogens is 350 g/mol. The Kier molecular flexibility index (Phi) is 7.43. The van der Waals surface area contributed by atoms with Crippen LogP contribution in [0, 0.1) is 6.92 Å². The molecule has 1 saturated heterocycles. The van der Waals surface area contributed by atoms with E-state index in [0.717, 1.165) is 16.7 Å². The van der Waals surface area contributed by atoms with E-state index in [0.29, 0.717) is 5.56 Å². The Hall–Kier alpha value is -1.87. The van der Waals surface area contributed by atoms with Crippen LogP contribution >= 0.6 is 0 Å². The van der Waals surface area contributed by atoms with Crippen LogP contribution in [0.25, 0.3) is 5.57 Å². The van der Waals surface area contributed by atoms with E-state index in [2.05, 4.69) is 11.6 Å². The summed E-state index contributed by atoms with van der Waals surface area (Å²) in [5.41, 5.74) is 2.92. The standard InChI is InChI=1S/C20H27NO6/c1-4-12(9-21-5-2)13-6-7-14(11(3)8-13)16(23)20-19(26)18(25)17(24)15(10-22)27-20/h4-9,15-20,22-26H,1,10H2,2-3H3/b12-9+,21-5-/t15?,16-,17?,18?,19?,20?/m1/s1. The molecule has 5 unspecified atom stereocenters. The summed E-state index contributed by atoms with van der Waals surface area (Å²) in [6, 6.07) is 5.33. The summed E-state index contributed by atoms with van der Waals surface area (Å²) in [5, 5.41) is 50.0. The van der Waals surface area contributed by atoms with Crippen molar-refractivity contribution in [3.63, 3.8) is 0 Å². The molecule has 148 valence electrons. The van der Waals surface area contributed by atoms with E-state index < -0.39 is 43.2 Å². The van der Waals surface area contributed by atoms with E-state index in [1.54, 1.807) is 37.5 Å². The highest BCUT2D eigenvalue weighted by Crippen LogP contribution is 2.32. The van der Waals surface area contributed by atoms with Gasteiger partial charge in [-0.05, 0) is 36.1 Å². The molecule has 1 aromatic carbocycles. The van der Waals surface area contributed by atoms with Gasteiger partial charge in [0.15, 0.2) is 0 Å². The lowest BCUT2D eigenvalue weighted by Gasteiger charge is -2.42. The Morgan fingerprint density at radius 2 is 1.96 bits per heavy atom. The van der Waals surface area contributed by atoms with Crippen LogP contribution in [0.5, 0.6) is 0 Å². The fraction of sp³-hybridized carbons (Fsp3) is 0.450. The Morgan fingerprint density at radius 3 is 2.52 bits per heavy atom. The second-order valence-corrected chi connectivity index (χ2v) is 6.51. The third-order valence-corrected chi connectivity index (χ3v) is 4.74. The number of nitrogens with zero attached hydrogens (tertiary/aromatic N) is 1. The molecule has 1 aliphatic rings. The number of benzene rings is 1. The maximum absolute atomic E-state index is 10.7. The number of aliphatic hydroxyl groups excluding tert-OH is 5. The zero-order chi connectivity index (χ0) is 20.1. The minimum atomic E-state index is -1.53. The van der Waals surface area contributed by atoms with Gasteiger partial charge in [-0.2, -0.15) is 0 Å². The SMILES string of the molecule is C=C/C(=C\N=C/C)c1ccc([C@@H](O)C2OC(CO)C(O)C(O)C2O)c(C)c1. The van der Waals surface area contributed by atoms with Gasteiger partial charge in [0.05, 0.1) is 6.61 Å². The number of aliphatic imine (C=N–C) groups is 1. The second kappa shape index (κ2) is 9.36. The normalized spacial score (nSPS) is 30.5. The van der Waals surface area contributed by atoms with E-state index in [4.69, 9.17) is 4.74 Å². The van der Waals surface area contributed by atoms with Gasteiger partial charge in [-0.3, -0.25) is 4.99 Å². The summed E-state index contributed by atoms with van der Waals surface area (Å²) in [4.78, 5) is 4.09. The lowest BCUT2D eigenvalue weighted by atomic mass is 9.88. The Morgan fingerprint density at radius 1 is 1.26 bits per heavy atom. The molecule has 7 heteroatoms. The molecule has 0 spiro atoms. The molecule has 0 aromatic heterocycles. The fourth-order valence-electron chi connectivity index (χ4n) is 3.16. The van der Waals surface area contributed by atoms with Crippen LogP contribution in [0.4, 0.5) is 0 Å². The van der Waals surface area contributed by atoms with Crippen LogP contribution < -0.4 is 0 Å². The molecule has 0 aliphatic carbocycles. The number of ether oxygens (including phenoxy) is 1. The third kappa shape index (κ3) is 4.52. The van der Waals surface area contributed by atoms with Crippen LogP contribution in [0.3, 0.4) is 0 Å². The Bertz CT molecular complexity index is 714. The topological polar surface area (TPSA) is 123 Å². The molecule has 0 radical (unpaired) electrons. The summed E-state index contributed by atoms with van der Waals surface area (Å²) in [7, 11) is 0. The van der Waals surface area contributed by atoms with Gasteiger partial charge >= 0.3 is 0 Å². The molecule has 0 amide bonds. The largest absolute Gasteiger partial charge is 0.394 e. The molecule has 27 heavy (non-hydrogen) atoms. The first-order valence-electron chi connectivity index (χ1n) is 8.75. The predicted octanol–water partition coefficient (Wildman–Crippen LogP) is 0.488. The minimum Gasteiger partial charge on any atom is -0.394 e. The first-order valence-corrected chi connectivity index (χ1v) is 8.75. The number of rotatable bonds is 6. The summed E-state index contributed by atoms with van der Waals surface area (Å²) >= 11 is 0. The van der Waals surface area contributed by atoms with E-state index in [1.807, 2.05) is 13.0 Å². The highest BCUT2D eigenvalue weighted by atomic mass is 16.6. The van der Waals surface area contributed by atoms with E-state index in [1.165, 1.54) is 0 Å². The fourth-order valence-corrected chi connectivity index (χ4v) is 3.16. The van der Waals surface area contributed by atoms with E-state index >= 15 is 0 Å². The molecule has 1 aliphatic heterocycles. The van der Waals surface area contributed by atoms with Crippen molar-refractivity contribution in [1.29, 1.82) is 0 Å². The Labute approximate surface area is 158 Å². The molecular formula is C20H27NO6. The Balaban J connectivity index is 2.31. The van der Waals surface area contributed by atoms with Gasteiger partial charge in [-0.1, -0.05) is 30.9 Å². The minimum absolute atomic E-state index is 0.505. The van der Waals surface area contributed by atoms with Crippen LogP contribution in [0.2, 0.25) is 0 Å². The van der Waals surface area contributed by atoms with Crippen molar-refractivity contribution >= 4 is 11.8 Å². The monoisotopic (exact) mass is 377 g/mol. The van der Waals surface area contributed by atoms with Gasteiger partial charge in [-0.25, -0.2) is 0 Å². The summed E-state index contributed by atoms with van der Waals surface area (Å²) in [6.45, 7) is 6.84. The molecule has 0 saturated carbocycles. The second-order valence-electron chi connectivity index (χ2n) is 6.51. The molecule has 7 nitrogen and oxygen atoms in total. The van der Waals surface area contributed by atoms with Gasteiger partial charge in [0.1, 0.15) is 36.6 Å². The van der Waals surface area contributed by atoms with Crippen molar-refractivity contribution in [2.24, 2.45) is 4.99 Å². The maximum Gasteiger partial charge on any atom is 0.117 e. The molecule has 0 bridgehead atoms. The number of hydrogen-bond acceptors (Lipinski definition) is 7. The number of allylic oxidation sites excluding steroid dienone is 2. The molecule has 1 aromatic rings. The molecule has 1 heterocycles. The maximum atomic E-state index is 10.7. The van der Waals surface area contributed by atoms with E-state index in [9.17, 15) is 25.5 Å². The molecule has 6 atom stereocenters. The van der Waals surface area contributed by atoms with Crippen molar-refractivity contribution in [2.45, 2.75) is 50.5 Å². The van der Waals surface area contributed by atoms with Crippen molar-refractivity contribution in [1.82, 2.24) is 0 Å². The first kappa shape index (κ1) is 21.4. The molecule has 2 rings (SSSR count). The quantitative estimate of drug-likeness (QED) is 0.363. The van der Waals surface area contributed by atoms with Crippen LogP contribution in [-0.2, 0) is 4.74 Å². The molecule has 5 N–H and O–H groups in total. The average molecular weight is 377 g/mol. The van der Waals surface area contributed by atoms with Gasteiger partial charge in [0.25, 0.3) is 0 Å². The van der Waals surface area contributed by atoms with Crippen molar-refractivity contribution in [3.8, 4) is 0 Å². The van der Waals surface area contributed by atoms with Gasteiger partial charge in [0.2, 0.25) is 0 Å². The lowest BCUT2D eigenvalue weighted by molar-refractivity contribution is -0.250. The number of hydrogen-bond donors (Lipinski definition) is 5. The zero-order valence-corrected chi connectivity index (χ0v) is 15.4. The summed E-state index contributed by atoms with van der Waals surface area (Å²) in [5.74, 6) is 0. The highest BCUT2D eigenvalue weighted by Gasteiger charge is 2.46. The van der Waals surface area contributed by atoms with E-state index in [-0.39, 0.29) is 0 Å². The average Bonchev–Trinajstić information content (AvgIpc) is 2.66. The van der Waals surface area contributed by atoms with Gasteiger partial charge in [0, 0.05) is 12.4 Å². The summed E-state index contributed by atoms with van der Waals surface area (Å²) < 4.78 is 5.45. The summed E-state index contributed by atoms with van der Waals surface area (Å²) in [6.07, 6.45) is -2.99. The van der Waals surface area contributed by atoms with Gasteiger partial charge < -0.3 is 30.3 Å². The third-order valence-electron chi connectivity index (χ3n) is 4.74. The smallest absolute Gasteiger partial charge is 0.117 e. The van der Waals surface area contributed by atoms with Crippen LogP contribution in [-0.4, -0.2) is 68.9 Å². The first-order chi connectivity index (χ1) is 12.8.